The summed E-state index contributed by atoms with van der Waals surface area (Å²) < 4.78 is 0. The number of rotatable bonds is 6. The van der Waals surface area contributed by atoms with Crippen LogP contribution in [-0.4, -0.2) is 69.5 Å². The van der Waals surface area contributed by atoms with E-state index in [1.165, 1.54) is 18.0 Å². The SMILES string of the molecule is CN(C)C(=O)CCN(C)C(=O)/C(C#N)=C(\O)c1cc(O)c(O)c([N+](=O)[O-])c1. The minimum absolute atomic E-state index is 0.0137. The van der Waals surface area contributed by atoms with E-state index in [1.54, 1.807) is 14.1 Å². The first-order valence-corrected chi connectivity index (χ1v) is 7.50. The van der Waals surface area contributed by atoms with Gasteiger partial charge < -0.3 is 25.1 Å². The van der Waals surface area contributed by atoms with Gasteiger partial charge in [-0.15, -0.1) is 0 Å². The van der Waals surface area contributed by atoms with E-state index in [2.05, 4.69) is 0 Å². The third-order valence-corrected chi connectivity index (χ3v) is 3.61. The van der Waals surface area contributed by atoms with Gasteiger partial charge in [-0.2, -0.15) is 5.26 Å². The zero-order valence-corrected chi connectivity index (χ0v) is 14.8. The number of aliphatic hydroxyl groups is 1. The number of hydrogen-bond donors (Lipinski definition) is 3. The number of hydrogen-bond acceptors (Lipinski definition) is 8. The van der Waals surface area contributed by atoms with E-state index in [0.29, 0.717) is 6.07 Å². The average molecular weight is 378 g/mol. The maximum Gasteiger partial charge on any atom is 0.315 e. The minimum Gasteiger partial charge on any atom is -0.506 e. The number of phenols is 2. The Morgan fingerprint density at radius 2 is 1.85 bits per heavy atom. The molecular weight excluding hydrogens is 360 g/mol. The predicted octanol–water partition coefficient (Wildman–Crippen LogP) is 0.735. The number of aliphatic hydroxyl groups excluding tert-OH is 1. The fourth-order valence-corrected chi connectivity index (χ4v) is 2.01. The maximum absolute atomic E-state index is 12.4. The van der Waals surface area contributed by atoms with Crippen LogP contribution in [0.4, 0.5) is 5.69 Å². The normalized spacial score (nSPS) is 11.2. The van der Waals surface area contributed by atoms with Crippen LogP contribution in [0.1, 0.15) is 12.0 Å². The lowest BCUT2D eigenvalue weighted by atomic mass is 10.1. The minimum atomic E-state index is -1.01. The lowest BCUT2D eigenvalue weighted by Crippen LogP contribution is -2.33. The van der Waals surface area contributed by atoms with Gasteiger partial charge in [0.1, 0.15) is 11.8 Å². The van der Waals surface area contributed by atoms with E-state index in [0.717, 1.165) is 11.0 Å². The Morgan fingerprint density at radius 1 is 1.26 bits per heavy atom. The molecule has 0 heterocycles. The van der Waals surface area contributed by atoms with E-state index in [1.807, 2.05) is 0 Å². The van der Waals surface area contributed by atoms with Crippen LogP contribution in [0.5, 0.6) is 11.5 Å². The van der Waals surface area contributed by atoms with Gasteiger partial charge in [0.05, 0.1) is 4.92 Å². The first-order chi connectivity index (χ1) is 12.5. The van der Waals surface area contributed by atoms with Gasteiger partial charge in [0.2, 0.25) is 11.7 Å². The molecule has 0 aliphatic rings. The molecule has 1 aromatic rings. The summed E-state index contributed by atoms with van der Waals surface area (Å²) in [5.41, 5.74) is -2.06. The van der Waals surface area contributed by atoms with Gasteiger partial charge in [0.15, 0.2) is 11.3 Å². The Kier molecular flexibility index (Phi) is 6.70. The lowest BCUT2D eigenvalue weighted by molar-refractivity contribution is -0.386. The molecule has 3 N–H and O–H groups in total. The number of benzene rings is 1. The predicted molar refractivity (Wildman–Crippen MR) is 92.5 cm³/mol. The molecule has 0 fully saturated rings. The van der Waals surface area contributed by atoms with E-state index < -0.39 is 44.9 Å². The fourth-order valence-electron chi connectivity index (χ4n) is 2.01. The topological polar surface area (TPSA) is 168 Å². The van der Waals surface area contributed by atoms with Crippen molar-refractivity contribution in [1.29, 1.82) is 5.26 Å². The van der Waals surface area contributed by atoms with Crippen LogP contribution in [0.2, 0.25) is 0 Å². The summed E-state index contributed by atoms with van der Waals surface area (Å²) in [7, 11) is 4.40. The standard InChI is InChI=1S/C16H18N4O7/c1-18(2)13(22)4-5-19(3)16(25)10(8-17)14(23)9-6-11(20(26)27)15(24)12(21)7-9/h6-7,21,23-24H,4-5H2,1-3H3/b14-10-. The number of nitriles is 1. The molecule has 11 heteroatoms. The van der Waals surface area contributed by atoms with Gasteiger partial charge in [-0.1, -0.05) is 0 Å². The fraction of sp³-hybridized carbons (Fsp3) is 0.312. The first kappa shape index (κ1) is 21.2. The molecule has 0 radical (unpaired) electrons. The number of carbonyl (C=O) groups is 2. The summed E-state index contributed by atoms with van der Waals surface area (Å²) in [6, 6.07) is 2.99. The smallest absolute Gasteiger partial charge is 0.315 e. The molecule has 27 heavy (non-hydrogen) atoms. The lowest BCUT2D eigenvalue weighted by Gasteiger charge is -2.18. The highest BCUT2D eigenvalue weighted by Crippen LogP contribution is 2.38. The number of nitrogens with zero attached hydrogens (tertiary/aromatic N) is 4. The van der Waals surface area contributed by atoms with Crippen LogP contribution in [-0.2, 0) is 9.59 Å². The Hall–Kier alpha value is -3.81. The molecule has 0 saturated carbocycles. The van der Waals surface area contributed by atoms with Gasteiger partial charge in [-0.3, -0.25) is 19.7 Å². The third kappa shape index (κ3) is 4.85. The van der Waals surface area contributed by atoms with Crippen molar-refractivity contribution in [3.05, 3.63) is 33.4 Å². The summed E-state index contributed by atoms with van der Waals surface area (Å²) in [5.74, 6) is -4.00. The average Bonchev–Trinajstić information content (AvgIpc) is 2.61. The molecule has 0 aromatic heterocycles. The number of likely N-dealkylation sites (N-methyl/N-ethyl adjacent to an activating group) is 1. The number of nitro groups is 1. The molecule has 1 rings (SSSR count). The molecule has 1 aromatic carbocycles. The summed E-state index contributed by atoms with van der Waals surface area (Å²) in [4.78, 5) is 36.2. The Labute approximate surface area is 154 Å². The number of phenolic OH excluding ortho intramolecular Hbond substituents is 2. The molecule has 0 saturated heterocycles. The van der Waals surface area contributed by atoms with Crippen LogP contribution in [0.15, 0.2) is 17.7 Å². The number of carbonyl (C=O) groups excluding carboxylic acids is 2. The Morgan fingerprint density at radius 3 is 2.33 bits per heavy atom. The highest BCUT2D eigenvalue weighted by molar-refractivity contribution is 6.03. The van der Waals surface area contributed by atoms with Crippen LogP contribution in [0, 0.1) is 21.4 Å². The van der Waals surface area contributed by atoms with Gasteiger partial charge in [0, 0.05) is 45.7 Å². The zero-order valence-electron chi connectivity index (χ0n) is 14.8. The second-order valence-electron chi connectivity index (χ2n) is 5.72. The molecule has 0 aliphatic carbocycles. The molecule has 0 atom stereocenters. The van der Waals surface area contributed by atoms with Crippen molar-refractivity contribution < 1.29 is 29.8 Å². The van der Waals surface area contributed by atoms with Gasteiger partial charge >= 0.3 is 5.69 Å². The summed E-state index contributed by atoms with van der Waals surface area (Å²) in [6.45, 7) is -0.0325. The van der Waals surface area contributed by atoms with Gasteiger partial charge in [-0.05, 0) is 6.07 Å². The number of nitro benzene ring substituents is 1. The van der Waals surface area contributed by atoms with Crippen LogP contribution in [0.25, 0.3) is 5.76 Å². The van der Waals surface area contributed by atoms with Crippen molar-refractivity contribution >= 4 is 23.3 Å². The second kappa shape index (κ2) is 8.52. The molecule has 2 amide bonds. The summed E-state index contributed by atoms with van der Waals surface area (Å²) in [5, 5.41) is 49.3. The van der Waals surface area contributed by atoms with E-state index in [9.17, 15) is 40.3 Å². The molecule has 11 nitrogen and oxygen atoms in total. The first-order valence-electron chi connectivity index (χ1n) is 7.50. The van der Waals surface area contributed by atoms with Crippen LogP contribution in [0.3, 0.4) is 0 Å². The Bertz CT molecular complexity index is 855. The van der Waals surface area contributed by atoms with Crippen molar-refractivity contribution in [2.45, 2.75) is 6.42 Å². The maximum atomic E-state index is 12.4. The van der Waals surface area contributed by atoms with Gasteiger partial charge in [-0.25, -0.2) is 0 Å². The highest BCUT2D eigenvalue weighted by atomic mass is 16.6. The van der Waals surface area contributed by atoms with Crippen LogP contribution >= 0.6 is 0 Å². The molecule has 0 unspecified atom stereocenters. The second-order valence-corrected chi connectivity index (χ2v) is 5.72. The van der Waals surface area contributed by atoms with E-state index in [4.69, 9.17) is 0 Å². The van der Waals surface area contributed by atoms with Crippen molar-refractivity contribution in [3.8, 4) is 17.6 Å². The number of amides is 2. The van der Waals surface area contributed by atoms with Crippen molar-refractivity contribution in [2.75, 3.05) is 27.7 Å². The quantitative estimate of drug-likeness (QED) is 0.162. The van der Waals surface area contributed by atoms with Crippen molar-refractivity contribution in [2.24, 2.45) is 0 Å². The largest absolute Gasteiger partial charge is 0.506 e. The monoisotopic (exact) mass is 378 g/mol. The molecule has 0 spiro atoms. The summed E-state index contributed by atoms with van der Waals surface area (Å²) in [6.07, 6.45) is -0.0137. The molecule has 144 valence electrons. The third-order valence-electron chi connectivity index (χ3n) is 3.61. The molecule has 0 bridgehead atoms. The molecular formula is C16H18N4O7. The molecule has 0 aliphatic heterocycles. The number of aromatic hydroxyl groups is 2. The van der Waals surface area contributed by atoms with Crippen molar-refractivity contribution in [3.63, 3.8) is 0 Å². The van der Waals surface area contributed by atoms with Gasteiger partial charge in [0.25, 0.3) is 5.91 Å². The summed E-state index contributed by atoms with van der Waals surface area (Å²) >= 11 is 0. The zero-order chi connectivity index (χ0) is 20.9. The Balaban J connectivity index is 3.23. The van der Waals surface area contributed by atoms with E-state index in [-0.39, 0.29) is 18.9 Å². The van der Waals surface area contributed by atoms with Crippen molar-refractivity contribution in [1.82, 2.24) is 9.80 Å². The van der Waals surface area contributed by atoms with Crippen LogP contribution < -0.4 is 0 Å². The highest BCUT2D eigenvalue weighted by Gasteiger charge is 2.25. The van der Waals surface area contributed by atoms with E-state index >= 15 is 0 Å².